The van der Waals surface area contributed by atoms with Crippen molar-refractivity contribution in [1.82, 2.24) is 5.32 Å². The Hall–Kier alpha value is -0.570. The molecule has 0 amide bonds. The third-order valence-electron chi connectivity index (χ3n) is 3.57. The second-order valence-electron chi connectivity index (χ2n) is 5.29. The summed E-state index contributed by atoms with van der Waals surface area (Å²) >= 11 is 7.14. The first kappa shape index (κ1) is 15.8. The molecule has 0 saturated heterocycles. The molecule has 1 aromatic carbocycles. The molecule has 0 aliphatic heterocycles. The number of ether oxygens (including phenoxy) is 1. The normalized spacial score (nSPS) is 15.7. The first-order chi connectivity index (χ1) is 9.60. The number of hydrogen-bond donors (Lipinski definition) is 1. The molecule has 1 aliphatic rings. The van der Waals surface area contributed by atoms with Gasteiger partial charge in [-0.1, -0.05) is 6.92 Å². The molecule has 0 bridgehead atoms. The molecule has 5 heteroatoms. The topological polar surface area (TPSA) is 45.0 Å². The van der Waals surface area contributed by atoms with Gasteiger partial charge in [-0.15, -0.1) is 0 Å². The van der Waals surface area contributed by atoms with E-state index in [2.05, 4.69) is 62.3 Å². The second kappa shape index (κ2) is 6.93. The average Bonchev–Trinajstić information content (AvgIpc) is 3.16. The predicted octanol–water partition coefficient (Wildman–Crippen LogP) is 4.39. The highest BCUT2D eigenvalue weighted by atomic mass is 79.9. The minimum Gasteiger partial charge on any atom is -0.491 e. The monoisotopic (exact) mass is 400 g/mol. The summed E-state index contributed by atoms with van der Waals surface area (Å²) in [6.45, 7) is 4.49. The van der Waals surface area contributed by atoms with Crippen LogP contribution in [0.4, 0.5) is 0 Å². The fourth-order valence-corrected chi connectivity index (χ4v) is 3.57. The minimum atomic E-state index is 0.0933. The van der Waals surface area contributed by atoms with Gasteiger partial charge < -0.3 is 10.1 Å². The molecule has 3 nitrogen and oxygen atoms in total. The van der Waals surface area contributed by atoms with Gasteiger partial charge in [0.15, 0.2) is 0 Å². The highest BCUT2D eigenvalue weighted by Crippen LogP contribution is 2.49. The summed E-state index contributed by atoms with van der Waals surface area (Å²) in [5.41, 5.74) is 1.30. The Balaban J connectivity index is 2.03. The third-order valence-corrected chi connectivity index (χ3v) is 4.75. The maximum absolute atomic E-state index is 8.84. The first-order valence-electron chi connectivity index (χ1n) is 6.78. The number of nitrogens with zero attached hydrogens (tertiary/aromatic N) is 1. The molecule has 0 spiro atoms. The Morgan fingerprint density at radius 1 is 1.35 bits per heavy atom. The highest BCUT2D eigenvalue weighted by molar-refractivity contribution is 9.11. The molecule has 0 aromatic heterocycles. The van der Waals surface area contributed by atoms with Crippen LogP contribution < -0.4 is 10.1 Å². The standard InChI is InChI=1S/C15H18Br2N2O/c1-2-19-9-11-7-12(16)14(13(17)8-11)20-10-15(3-4-15)5-6-18/h7-8,19H,2-5,9-10H2,1H3. The largest absolute Gasteiger partial charge is 0.491 e. The second-order valence-corrected chi connectivity index (χ2v) is 7.00. The fraction of sp³-hybridized carbons (Fsp3) is 0.533. The van der Waals surface area contributed by atoms with E-state index in [1.165, 1.54) is 5.56 Å². The Bertz CT molecular complexity index is 498. The van der Waals surface area contributed by atoms with Crippen molar-refractivity contribution in [2.24, 2.45) is 5.41 Å². The lowest BCUT2D eigenvalue weighted by atomic mass is 10.1. The van der Waals surface area contributed by atoms with Gasteiger partial charge in [0.05, 0.1) is 21.6 Å². The molecular formula is C15H18Br2N2O. The zero-order chi connectivity index (χ0) is 14.6. The summed E-state index contributed by atoms with van der Waals surface area (Å²) in [7, 11) is 0. The van der Waals surface area contributed by atoms with Gasteiger partial charge in [-0.05, 0) is 68.9 Å². The lowest BCUT2D eigenvalue weighted by Crippen LogP contribution is -2.14. The van der Waals surface area contributed by atoms with Crippen LogP contribution in [0.2, 0.25) is 0 Å². The smallest absolute Gasteiger partial charge is 0.147 e. The summed E-state index contributed by atoms with van der Waals surface area (Å²) in [6, 6.07) is 6.41. The van der Waals surface area contributed by atoms with E-state index >= 15 is 0 Å². The molecule has 0 unspecified atom stereocenters. The summed E-state index contributed by atoms with van der Waals surface area (Å²) < 4.78 is 7.84. The molecule has 1 saturated carbocycles. The van der Waals surface area contributed by atoms with Gasteiger partial charge in [0.25, 0.3) is 0 Å². The van der Waals surface area contributed by atoms with Crippen LogP contribution in [0.25, 0.3) is 0 Å². The zero-order valence-corrected chi connectivity index (χ0v) is 14.7. The van der Waals surface area contributed by atoms with Crippen LogP contribution in [0.15, 0.2) is 21.1 Å². The lowest BCUT2D eigenvalue weighted by molar-refractivity contribution is 0.234. The van der Waals surface area contributed by atoms with E-state index in [1.807, 2.05) is 0 Å². The number of nitriles is 1. The van der Waals surface area contributed by atoms with E-state index in [0.29, 0.717) is 13.0 Å². The van der Waals surface area contributed by atoms with E-state index in [-0.39, 0.29) is 5.41 Å². The maximum Gasteiger partial charge on any atom is 0.147 e. The van der Waals surface area contributed by atoms with E-state index in [0.717, 1.165) is 40.6 Å². The molecule has 1 fully saturated rings. The van der Waals surface area contributed by atoms with Crippen LogP contribution in [-0.2, 0) is 6.54 Å². The van der Waals surface area contributed by atoms with E-state index in [9.17, 15) is 0 Å². The van der Waals surface area contributed by atoms with Crippen LogP contribution in [0.3, 0.4) is 0 Å². The van der Waals surface area contributed by atoms with Crippen molar-refractivity contribution in [2.75, 3.05) is 13.2 Å². The molecule has 20 heavy (non-hydrogen) atoms. The minimum absolute atomic E-state index is 0.0933. The number of benzene rings is 1. The number of nitrogens with one attached hydrogen (secondary N) is 1. The van der Waals surface area contributed by atoms with Gasteiger partial charge in [0, 0.05) is 18.4 Å². The fourth-order valence-electron chi connectivity index (χ4n) is 2.06. The quantitative estimate of drug-likeness (QED) is 0.736. The average molecular weight is 402 g/mol. The van der Waals surface area contributed by atoms with E-state index in [1.54, 1.807) is 0 Å². The van der Waals surface area contributed by atoms with Crippen LogP contribution in [0.1, 0.15) is 31.7 Å². The molecular weight excluding hydrogens is 384 g/mol. The van der Waals surface area contributed by atoms with Gasteiger partial charge in [0.1, 0.15) is 5.75 Å². The first-order valence-corrected chi connectivity index (χ1v) is 8.37. The van der Waals surface area contributed by atoms with Gasteiger partial charge in [-0.3, -0.25) is 0 Å². The van der Waals surface area contributed by atoms with Crippen molar-refractivity contribution >= 4 is 31.9 Å². The van der Waals surface area contributed by atoms with Crippen LogP contribution in [-0.4, -0.2) is 13.2 Å². The Kier molecular flexibility index (Phi) is 5.48. The summed E-state index contributed by atoms with van der Waals surface area (Å²) in [5, 5.41) is 12.1. The van der Waals surface area contributed by atoms with Crippen LogP contribution in [0.5, 0.6) is 5.75 Å². The number of rotatable bonds is 7. The molecule has 0 atom stereocenters. The van der Waals surface area contributed by atoms with Crippen LogP contribution in [0, 0.1) is 16.7 Å². The number of hydrogen-bond acceptors (Lipinski definition) is 3. The summed E-state index contributed by atoms with van der Waals surface area (Å²) in [5.74, 6) is 0.828. The Labute approximate surface area is 137 Å². The molecule has 1 N–H and O–H groups in total. The van der Waals surface area contributed by atoms with E-state index in [4.69, 9.17) is 10.00 Å². The molecule has 2 rings (SSSR count). The van der Waals surface area contributed by atoms with Crippen molar-refractivity contribution in [3.05, 3.63) is 26.6 Å². The van der Waals surface area contributed by atoms with Gasteiger partial charge in [-0.2, -0.15) is 5.26 Å². The van der Waals surface area contributed by atoms with Crippen molar-refractivity contribution in [1.29, 1.82) is 5.26 Å². The Morgan fingerprint density at radius 3 is 2.50 bits per heavy atom. The van der Waals surface area contributed by atoms with E-state index < -0.39 is 0 Å². The van der Waals surface area contributed by atoms with Gasteiger partial charge in [-0.25, -0.2) is 0 Å². The van der Waals surface area contributed by atoms with Crippen molar-refractivity contribution in [2.45, 2.75) is 32.7 Å². The Morgan fingerprint density at radius 2 is 2.00 bits per heavy atom. The zero-order valence-electron chi connectivity index (χ0n) is 11.5. The SMILES string of the molecule is CCNCc1cc(Br)c(OCC2(CC#N)CC2)c(Br)c1. The maximum atomic E-state index is 8.84. The summed E-state index contributed by atoms with van der Waals surface area (Å²) in [4.78, 5) is 0. The number of halogens is 2. The molecule has 1 aromatic rings. The summed E-state index contributed by atoms with van der Waals surface area (Å²) in [6.07, 6.45) is 2.77. The third kappa shape index (κ3) is 3.97. The van der Waals surface area contributed by atoms with Crippen LogP contribution >= 0.6 is 31.9 Å². The highest BCUT2D eigenvalue weighted by Gasteiger charge is 2.43. The lowest BCUT2D eigenvalue weighted by Gasteiger charge is -2.16. The molecule has 108 valence electrons. The van der Waals surface area contributed by atoms with Gasteiger partial charge >= 0.3 is 0 Å². The van der Waals surface area contributed by atoms with Crippen molar-refractivity contribution < 1.29 is 4.74 Å². The van der Waals surface area contributed by atoms with Crippen molar-refractivity contribution in [3.63, 3.8) is 0 Å². The van der Waals surface area contributed by atoms with Crippen molar-refractivity contribution in [3.8, 4) is 11.8 Å². The molecule has 1 aliphatic carbocycles. The predicted molar refractivity (Wildman–Crippen MR) is 86.6 cm³/mol. The molecule has 0 radical (unpaired) electrons. The molecule has 0 heterocycles. The van der Waals surface area contributed by atoms with Gasteiger partial charge in [0.2, 0.25) is 0 Å².